The fourth-order valence-electron chi connectivity index (χ4n) is 1.17. The van der Waals surface area contributed by atoms with E-state index in [1.54, 1.807) is 12.1 Å². The third-order valence-electron chi connectivity index (χ3n) is 1.80. The minimum atomic E-state index is -2.46. The highest BCUT2D eigenvalue weighted by Gasteiger charge is 2.14. The molecule has 0 aliphatic heterocycles. The lowest BCUT2D eigenvalue weighted by Gasteiger charge is -2.06. The minimum Gasteiger partial charge on any atom is -0.465 e. The molecule has 76 valence electrons. The lowest BCUT2D eigenvalue weighted by atomic mass is 10.1. The number of benzene rings is 1. The third-order valence-corrected chi connectivity index (χ3v) is 1.80. The number of carbonyl (C=O) groups excluding carboxylic acids is 1. The van der Waals surface area contributed by atoms with Crippen LogP contribution in [0.25, 0.3) is 0 Å². The molecule has 0 aliphatic rings. The van der Waals surface area contributed by atoms with Crippen molar-refractivity contribution in [2.75, 3.05) is 7.11 Å². The van der Waals surface area contributed by atoms with Gasteiger partial charge in [-0.05, 0) is 11.6 Å². The second-order valence-corrected chi connectivity index (χ2v) is 2.74. The van der Waals surface area contributed by atoms with Crippen molar-refractivity contribution in [1.29, 1.82) is 0 Å². The van der Waals surface area contributed by atoms with E-state index in [9.17, 15) is 13.6 Å². The summed E-state index contributed by atoms with van der Waals surface area (Å²) in [6.45, 7) is 0. The first-order valence-electron chi connectivity index (χ1n) is 4.09. The maximum atomic E-state index is 12.1. The molecule has 0 radical (unpaired) electrons. The maximum Gasteiger partial charge on any atom is 0.338 e. The normalized spacial score (nSPS) is 10.3. The van der Waals surface area contributed by atoms with Gasteiger partial charge in [-0.15, -0.1) is 0 Å². The highest BCUT2D eigenvalue weighted by Crippen LogP contribution is 2.14. The number of alkyl halides is 2. The smallest absolute Gasteiger partial charge is 0.338 e. The van der Waals surface area contributed by atoms with Crippen molar-refractivity contribution in [3.63, 3.8) is 0 Å². The van der Waals surface area contributed by atoms with E-state index < -0.39 is 18.8 Å². The van der Waals surface area contributed by atoms with E-state index in [0.717, 1.165) is 0 Å². The van der Waals surface area contributed by atoms with Crippen molar-refractivity contribution in [3.05, 3.63) is 35.4 Å². The van der Waals surface area contributed by atoms with Crippen molar-refractivity contribution >= 4 is 5.97 Å². The molecule has 0 spiro atoms. The number of hydrogen-bond donors (Lipinski definition) is 0. The number of rotatable bonds is 3. The average Bonchev–Trinajstić information content (AvgIpc) is 2.16. The molecule has 0 amide bonds. The van der Waals surface area contributed by atoms with Crippen LogP contribution in [-0.2, 0) is 11.2 Å². The van der Waals surface area contributed by atoms with E-state index in [1.165, 1.54) is 19.2 Å². The summed E-state index contributed by atoms with van der Waals surface area (Å²) in [4.78, 5) is 11.1. The van der Waals surface area contributed by atoms with Gasteiger partial charge in [0.05, 0.1) is 12.7 Å². The Morgan fingerprint density at radius 2 is 2.07 bits per heavy atom. The Bertz CT molecular complexity index is 324. The van der Waals surface area contributed by atoms with Gasteiger partial charge < -0.3 is 4.74 Å². The summed E-state index contributed by atoms with van der Waals surface area (Å²) in [5.74, 6) is -0.582. The van der Waals surface area contributed by atoms with Crippen LogP contribution < -0.4 is 0 Å². The van der Waals surface area contributed by atoms with Crippen LogP contribution in [0.15, 0.2) is 24.3 Å². The van der Waals surface area contributed by atoms with Gasteiger partial charge in [0.25, 0.3) is 0 Å². The van der Waals surface area contributed by atoms with Crippen molar-refractivity contribution in [2.45, 2.75) is 12.8 Å². The van der Waals surface area contributed by atoms with Crippen LogP contribution in [-0.4, -0.2) is 19.5 Å². The van der Waals surface area contributed by atoms with E-state index in [2.05, 4.69) is 4.74 Å². The Labute approximate surface area is 80.5 Å². The maximum absolute atomic E-state index is 12.1. The van der Waals surface area contributed by atoms with Gasteiger partial charge >= 0.3 is 5.97 Å². The summed E-state index contributed by atoms with van der Waals surface area (Å²) in [6, 6.07) is 6.20. The molecular weight excluding hydrogens is 190 g/mol. The Morgan fingerprint density at radius 3 is 2.64 bits per heavy atom. The van der Waals surface area contributed by atoms with Gasteiger partial charge in [0, 0.05) is 6.42 Å². The summed E-state index contributed by atoms with van der Waals surface area (Å²) in [7, 11) is 1.22. The van der Waals surface area contributed by atoms with E-state index in [0.29, 0.717) is 5.56 Å². The van der Waals surface area contributed by atoms with Gasteiger partial charge in [0.15, 0.2) is 0 Å². The van der Waals surface area contributed by atoms with E-state index in [-0.39, 0.29) is 5.56 Å². The number of methoxy groups -OCH3 is 1. The van der Waals surface area contributed by atoms with Crippen molar-refractivity contribution in [1.82, 2.24) is 0 Å². The monoisotopic (exact) mass is 200 g/mol. The Hall–Kier alpha value is -1.45. The molecule has 0 saturated heterocycles. The highest BCUT2D eigenvalue weighted by atomic mass is 19.3. The lowest BCUT2D eigenvalue weighted by molar-refractivity contribution is 0.0598. The first-order valence-corrected chi connectivity index (χ1v) is 4.09. The largest absolute Gasteiger partial charge is 0.465 e. The molecule has 0 unspecified atom stereocenters. The van der Waals surface area contributed by atoms with Crippen molar-refractivity contribution < 1.29 is 18.3 Å². The summed E-state index contributed by atoms with van der Waals surface area (Å²) in [5, 5.41) is 0. The molecule has 1 aromatic carbocycles. The van der Waals surface area contributed by atoms with E-state index in [1.807, 2.05) is 0 Å². The lowest BCUT2D eigenvalue weighted by Crippen LogP contribution is -2.08. The summed E-state index contributed by atoms with van der Waals surface area (Å²) >= 11 is 0. The zero-order valence-corrected chi connectivity index (χ0v) is 7.67. The summed E-state index contributed by atoms with van der Waals surface area (Å²) < 4.78 is 28.7. The fourth-order valence-corrected chi connectivity index (χ4v) is 1.17. The molecule has 0 aliphatic carbocycles. The molecule has 4 heteroatoms. The van der Waals surface area contributed by atoms with Gasteiger partial charge in [-0.3, -0.25) is 0 Å². The van der Waals surface area contributed by atoms with Crippen molar-refractivity contribution in [2.24, 2.45) is 0 Å². The molecule has 0 atom stereocenters. The Morgan fingerprint density at radius 1 is 1.43 bits per heavy atom. The van der Waals surface area contributed by atoms with Crippen LogP contribution in [0.2, 0.25) is 0 Å². The zero-order chi connectivity index (χ0) is 10.6. The van der Waals surface area contributed by atoms with Crippen LogP contribution in [0.5, 0.6) is 0 Å². The number of hydrogen-bond acceptors (Lipinski definition) is 2. The minimum absolute atomic E-state index is 0.204. The highest BCUT2D eigenvalue weighted by molar-refractivity contribution is 5.90. The van der Waals surface area contributed by atoms with Crippen LogP contribution in [0.4, 0.5) is 8.78 Å². The third kappa shape index (κ3) is 2.52. The molecule has 0 bridgehead atoms. The zero-order valence-electron chi connectivity index (χ0n) is 7.67. The van der Waals surface area contributed by atoms with Crippen LogP contribution in [0.3, 0.4) is 0 Å². The number of ether oxygens (including phenoxy) is 1. The number of esters is 1. The standard InChI is InChI=1S/C10H10F2O2/c1-14-10(13)8-5-3-2-4-7(8)6-9(11)12/h2-5,9H,6H2,1H3. The quantitative estimate of drug-likeness (QED) is 0.699. The first kappa shape index (κ1) is 10.6. The van der Waals surface area contributed by atoms with Crippen molar-refractivity contribution in [3.8, 4) is 0 Å². The van der Waals surface area contributed by atoms with Crippen LogP contribution in [0, 0.1) is 0 Å². The molecular formula is C10H10F2O2. The second kappa shape index (κ2) is 4.69. The molecule has 1 rings (SSSR count). The molecule has 0 heterocycles. The van der Waals surface area contributed by atoms with Gasteiger partial charge in [0.1, 0.15) is 0 Å². The van der Waals surface area contributed by atoms with E-state index in [4.69, 9.17) is 0 Å². The molecule has 2 nitrogen and oxygen atoms in total. The Kier molecular flexibility index (Phi) is 3.56. The van der Waals surface area contributed by atoms with Crippen LogP contribution >= 0.6 is 0 Å². The SMILES string of the molecule is COC(=O)c1ccccc1CC(F)F. The molecule has 0 N–H and O–H groups in total. The summed E-state index contributed by atoms with van der Waals surface area (Å²) in [5.41, 5.74) is 0.518. The average molecular weight is 200 g/mol. The number of carbonyl (C=O) groups is 1. The molecule has 0 saturated carbocycles. The molecule has 1 aromatic rings. The van der Waals surface area contributed by atoms with Gasteiger partial charge in [-0.1, -0.05) is 18.2 Å². The molecule has 0 fully saturated rings. The topological polar surface area (TPSA) is 26.3 Å². The summed E-state index contributed by atoms with van der Waals surface area (Å²) in [6.07, 6.45) is -2.88. The van der Waals surface area contributed by atoms with Gasteiger partial charge in [-0.25, -0.2) is 13.6 Å². The second-order valence-electron chi connectivity index (χ2n) is 2.74. The fraction of sp³-hybridized carbons (Fsp3) is 0.300. The molecule has 14 heavy (non-hydrogen) atoms. The predicted molar refractivity (Wildman–Crippen MR) is 47.5 cm³/mol. The Balaban J connectivity index is 2.97. The van der Waals surface area contributed by atoms with Crippen LogP contribution in [0.1, 0.15) is 15.9 Å². The first-order chi connectivity index (χ1) is 6.65. The van der Waals surface area contributed by atoms with E-state index >= 15 is 0 Å². The predicted octanol–water partition coefficient (Wildman–Crippen LogP) is 2.28. The van der Waals surface area contributed by atoms with Gasteiger partial charge in [0.2, 0.25) is 6.43 Å². The number of halogens is 2. The van der Waals surface area contributed by atoms with Gasteiger partial charge in [-0.2, -0.15) is 0 Å². The molecule has 0 aromatic heterocycles.